The molecule has 0 bridgehead atoms. The molecule has 2 aromatic rings. The summed E-state index contributed by atoms with van der Waals surface area (Å²) in [6.45, 7) is 3.22. The molecule has 4 nitrogen and oxygen atoms in total. The van der Waals surface area contributed by atoms with Crippen LogP contribution in [-0.2, 0) is 11.3 Å². The van der Waals surface area contributed by atoms with Gasteiger partial charge in [-0.2, -0.15) is 0 Å². The Morgan fingerprint density at radius 2 is 2.15 bits per heavy atom. The van der Waals surface area contributed by atoms with Crippen LogP contribution >= 0.6 is 11.3 Å². The summed E-state index contributed by atoms with van der Waals surface area (Å²) in [5, 5.41) is 10.9. The Labute approximate surface area is 123 Å². The number of hydrogen-bond acceptors (Lipinski definition) is 4. The molecule has 0 radical (unpaired) electrons. The molecule has 5 heteroatoms. The molecule has 2 rings (SSSR count). The summed E-state index contributed by atoms with van der Waals surface area (Å²) >= 11 is 1.78. The quantitative estimate of drug-likeness (QED) is 0.580. The molecular formula is C15H21N3OS. The summed E-state index contributed by atoms with van der Waals surface area (Å²) in [4.78, 5) is 2.29. The molecule has 0 aliphatic heterocycles. The highest BCUT2D eigenvalue weighted by atomic mass is 32.1. The van der Waals surface area contributed by atoms with Crippen LogP contribution in [0.5, 0.6) is 0 Å². The van der Waals surface area contributed by atoms with E-state index in [2.05, 4.69) is 34.5 Å². The largest absolute Gasteiger partial charge is 0.388 e. The minimum Gasteiger partial charge on any atom is -0.388 e. The second-order valence-corrected chi connectivity index (χ2v) is 5.71. The van der Waals surface area contributed by atoms with Gasteiger partial charge in [-0.15, -0.1) is 11.3 Å². The van der Waals surface area contributed by atoms with Crippen LogP contribution in [-0.4, -0.2) is 37.5 Å². The fourth-order valence-electron chi connectivity index (χ4n) is 2.17. The number of nitrogens with two attached hydrogens (primary N) is 1. The fourth-order valence-corrected chi connectivity index (χ4v) is 3.12. The lowest BCUT2D eigenvalue weighted by atomic mass is 10.1. The average molecular weight is 291 g/mol. The van der Waals surface area contributed by atoms with Gasteiger partial charge in [0.05, 0.1) is 12.4 Å². The van der Waals surface area contributed by atoms with Crippen molar-refractivity contribution in [2.24, 2.45) is 5.73 Å². The Morgan fingerprint density at radius 1 is 1.35 bits per heavy atom. The average Bonchev–Trinajstić information content (AvgIpc) is 2.85. The molecule has 0 unspecified atom stereocenters. The zero-order chi connectivity index (χ0) is 14.4. The van der Waals surface area contributed by atoms with Crippen molar-refractivity contribution in [3.8, 4) is 0 Å². The maximum Gasteiger partial charge on any atom is 0.0918 e. The zero-order valence-electron chi connectivity index (χ0n) is 11.8. The molecule has 1 heterocycles. The highest BCUT2D eigenvalue weighted by Crippen LogP contribution is 2.26. The maximum atomic E-state index is 7.37. The topological polar surface area (TPSA) is 62.3 Å². The summed E-state index contributed by atoms with van der Waals surface area (Å²) in [6.07, 6.45) is 0.603. The Bertz CT molecular complexity index is 567. The lowest BCUT2D eigenvalue weighted by molar-refractivity contribution is 0.146. The highest BCUT2D eigenvalue weighted by molar-refractivity contribution is 7.17. The molecule has 20 heavy (non-hydrogen) atoms. The van der Waals surface area contributed by atoms with Crippen molar-refractivity contribution in [3.05, 3.63) is 35.2 Å². The summed E-state index contributed by atoms with van der Waals surface area (Å²) in [5.41, 5.74) is 6.80. The van der Waals surface area contributed by atoms with E-state index in [0.717, 1.165) is 19.6 Å². The first kappa shape index (κ1) is 15.0. The van der Waals surface area contributed by atoms with Gasteiger partial charge in [-0.1, -0.05) is 18.2 Å². The summed E-state index contributed by atoms with van der Waals surface area (Å²) in [5.74, 6) is 0.239. The molecule has 0 aliphatic carbocycles. The van der Waals surface area contributed by atoms with Gasteiger partial charge in [0.2, 0.25) is 0 Å². The third-order valence-corrected chi connectivity index (χ3v) is 4.28. The first-order valence-electron chi connectivity index (χ1n) is 6.70. The summed E-state index contributed by atoms with van der Waals surface area (Å²) < 4.78 is 6.48. The maximum absolute atomic E-state index is 7.37. The smallest absolute Gasteiger partial charge is 0.0918 e. The van der Waals surface area contributed by atoms with E-state index in [1.54, 1.807) is 18.4 Å². The fraction of sp³-hybridized carbons (Fsp3) is 0.400. The summed E-state index contributed by atoms with van der Waals surface area (Å²) in [6, 6.07) is 8.47. The van der Waals surface area contributed by atoms with Gasteiger partial charge in [0.15, 0.2) is 0 Å². The third-order valence-electron chi connectivity index (χ3n) is 3.26. The van der Waals surface area contributed by atoms with Crippen molar-refractivity contribution < 1.29 is 4.74 Å². The van der Waals surface area contributed by atoms with Crippen LogP contribution in [0.1, 0.15) is 12.0 Å². The first-order valence-corrected chi connectivity index (χ1v) is 7.58. The Hall–Kier alpha value is -1.43. The number of benzene rings is 1. The molecule has 108 valence electrons. The molecule has 0 fully saturated rings. The van der Waals surface area contributed by atoms with Crippen molar-refractivity contribution in [2.75, 3.05) is 26.8 Å². The van der Waals surface area contributed by atoms with E-state index >= 15 is 0 Å². The summed E-state index contributed by atoms with van der Waals surface area (Å²) in [7, 11) is 1.71. The van der Waals surface area contributed by atoms with E-state index in [0.29, 0.717) is 13.0 Å². The Balaban J connectivity index is 2.07. The van der Waals surface area contributed by atoms with Crippen molar-refractivity contribution in [3.63, 3.8) is 0 Å². The van der Waals surface area contributed by atoms with Crippen LogP contribution in [0.2, 0.25) is 0 Å². The molecule has 0 aliphatic rings. The minimum absolute atomic E-state index is 0.239. The molecule has 0 saturated carbocycles. The molecule has 0 spiro atoms. The van der Waals surface area contributed by atoms with Gasteiger partial charge in [-0.05, 0) is 22.4 Å². The van der Waals surface area contributed by atoms with E-state index in [9.17, 15) is 0 Å². The number of methoxy groups -OCH3 is 1. The number of nitrogens with zero attached hydrogens (tertiary/aromatic N) is 1. The van der Waals surface area contributed by atoms with Gasteiger partial charge in [0.25, 0.3) is 0 Å². The van der Waals surface area contributed by atoms with Gasteiger partial charge in [0, 0.05) is 37.9 Å². The van der Waals surface area contributed by atoms with Crippen LogP contribution in [0.4, 0.5) is 0 Å². The lowest BCUT2D eigenvalue weighted by Gasteiger charge is -2.21. The van der Waals surface area contributed by atoms with Gasteiger partial charge < -0.3 is 10.5 Å². The SMILES string of the molecule is COCCN(CCC(=N)N)Cc1csc2ccccc12. The Kier molecular flexibility index (Phi) is 5.52. The van der Waals surface area contributed by atoms with Crippen LogP contribution in [0.3, 0.4) is 0 Å². The number of nitrogens with one attached hydrogen (secondary N) is 1. The van der Waals surface area contributed by atoms with Gasteiger partial charge >= 0.3 is 0 Å². The molecule has 3 N–H and O–H groups in total. The lowest BCUT2D eigenvalue weighted by Crippen LogP contribution is -2.30. The van der Waals surface area contributed by atoms with Crippen LogP contribution < -0.4 is 5.73 Å². The van der Waals surface area contributed by atoms with Crippen molar-refractivity contribution in [1.82, 2.24) is 4.90 Å². The predicted molar refractivity (Wildman–Crippen MR) is 85.5 cm³/mol. The normalized spacial score (nSPS) is 11.3. The van der Waals surface area contributed by atoms with E-state index < -0.39 is 0 Å². The van der Waals surface area contributed by atoms with Gasteiger partial charge in [-0.3, -0.25) is 10.3 Å². The second-order valence-electron chi connectivity index (χ2n) is 4.80. The van der Waals surface area contributed by atoms with Crippen LogP contribution in [0.25, 0.3) is 10.1 Å². The van der Waals surface area contributed by atoms with E-state index in [1.807, 2.05) is 0 Å². The number of fused-ring (bicyclic) bond motifs is 1. The van der Waals surface area contributed by atoms with Crippen molar-refractivity contribution >= 4 is 27.3 Å². The molecule has 1 aromatic heterocycles. The van der Waals surface area contributed by atoms with Crippen LogP contribution in [0.15, 0.2) is 29.6 Å². The van der Waals surface area contributed by atoms with Crippen LogP contribution in [0, 0.1) is 5.41 Å². The second kappa shape index (κ2) is 7.38. The van der Waals surface area contributed by atoms with Gasteiger partial charge in [-0.25, -0.2) is 0 Å². The van der Waals surface area contributed by atoms with E-state index in [-0.39, 0.29) is 5.84 Å². The highest BCUT2D eigenvalue weighted by Gasteiger charge is 2.10. The minimum atomic E-state index is 0.239. The van der Waals surface area contributed by atoms with Crippen molar-refractivity contribution in [1.29, 1.82) is 5.41 Å². The van der Waals surface area contributed by atoms with E-state index in [1.165, 1.54) is 15.6 Å². The first-order chi connectivity index (χ1) is 9.70. The number of hydrogen-bond donors (Lipinski definition) is 2. The molecule has 0 amide bonds. The van der Waals surface area contributed by atoms with E-state index in [4.69, 9.17) is 15.9 Å². The number of amidine groups is 1. The Morgan fingerprint density at radius 3 is 2.90 bits per heavy atom. The number of rotatable bonds is 8. The zero-order valence-corrected chi connectivity index (χ0v) is 12.6. The number of ether oxygens (including phenoxy) is 1. The molecule has 0 saturated heterocycles. The molecular weight excluding hydrogens is 270 g/mol. The standard InChI is InChI=1S/C15H21N3OS/c1-19-9-8-18(7-6-15(16)17)10-12-11-20-14-5-3-2-4-13(12)14/h2-5,11H,6-10H2,1H3,(H3,16,17). The predicted octanol–water partition coefficient (Wildman–Crippen LogP) is 2.68. The monoisotopic (exact) mass is 291 g/mol. The third kappa shape index (κ3) is 4.03. The molecule has 1 aromatic carbocycles. The number of thiophene rings is 1. The van der Waals surface area contributed by atoms with Crippen molar-refractivity contribution in [2.45, 2.75) is 13.0 Å². The van der Waals surface area contributed by atoms with Gasteiger partial charge in [0.1, 0.15) is 0 Å². The molecule has 0 atom stereocenters.